The molecule has 0 N–H and O–H groups in total. The van der Waals surface area contributed by atoms with Gasteiger partial charge in [-0.1, -0.05) is 25.1 Å². The predicted octanol–water partition coefficient (Wildman–Crippen LogP) is 5.73. The SMILES string of the molecule is CCCOc1c(OCC=CCN2C(=O)c3ccccc3C2=O)cc([C@@H]2CC[C@@H](c3cc(OC)c(OC)c(OC)c3)O2)cc1S(C)(=O)=O. The number of rotatable bonds is 14. The van der Waals surface area contributed by atoms with Gasteiger partial charge in [0.25, 0.3) is 11.8 Å². The molecule has 2 aliphatic heterocycles. The molecule has 0 unspecified atom stereocenters. The molecule has 2 heterocycles. The summed E-state index contributed by atoms with van der Waals surface area (Å²) in [6, 6.07) is 13.7. The Morgan fingerprint density at radius 3 is 1.91 bits per heavy atom. The molecule has 12 heteroatoms. The number of sulfone groups is 1. The molecule has 0 aromatic heterocycles. The topological polar surface area (TPSA) is 127 Å². The van der Waals surface area contributed by atoms with Gasteiger partial charge >= 0.3 is 0 Å². The number of imide groups is 1. The van der Waals surface area contributed by atoms with E-state index in [1.54, 1.807) is 69.9 Å². The van der Waals surface area contributed by atoms with Crippen molar-refractivity contribution in [1.82, 2.24) is 4.90 Å². The van der Waals surface area contributed by atoms with Crippen LogP contribution in [0.25, 0.3) is 0 Å². The van der Waals surface area contributed by atoms with Crippen LogP contribution < -0.4 is 23.7 Å². The van der Waals surface area contributed by atoms with E-state index in [1.165, 1.54) is 4.90 Å². The van der Waals surface area contributed by atoms with Gasteiger partial charge in [0.15, 0.2) is 32.8 Å². The van der Waals surface area contributed by atoms with Crippen molar-refractivity contribution >= 4 is 21.7 Å². The average molecular weight is 666 g/mol. The highest BCUT2D eigenvalue weighted by Gasteiger charge is 2.34. The molecule has 11 nitrogen and oxygen atoms in total. The van der Waals surface area contributed by atoms with E-state index >= 15 is 0 Å². The third-order valence-corrected chi connectivity index (χ3v) is 9.11. The van der Waals surface area contributed by atoms with Crippen molar-refractivity contribution in [3.8, 4) is 28.7 Å². The second kappa shape index (κ2) is 14.5. The Morgan fingerprint density at radius 2 is 1.38 bits per heavy atom. The van der Waals surface area contributed by atoms with Gasteiger partial charge in [0.1, 0.15) is 11.5 Å². The fraction of sp³-hybridized carbons (Fsp3) is 0.371. The van der Waals surface area contributed by atoms with E-state index in [0.29, 0.717) is 53.2 Å². The van der Waals surface area contributed by atoms with Crippen LogP contribution in [0.15, 0.2) is 65.6 Å². The summed E-state index contributed by atoms with van der Waals surface area (Å²) in [4.78, 5) is 26.5. The first-order chi connectivity index (χ1) is 22.6. The van der Waals surface area contributed by atoms with E-state index in [4.69, 9.17) is 28.4 Å². The first-order valence-electron chi connectivity index (χ1n) is 15.3. The Balaban J connectivity index is 1.37. The van der Waals surface area contributed by atoms with Crippen LogP contribution in [0.3, 0.4) is 0 Å². The van der Waals surface area contributed by atoms with Gasteiger partial charge in [-0.2, -0.15) is 0 Å². The summed E-state index contributed by atoms with van der Waals surface area (Å²) in [5.74, 6) is 1.19. The molecule has 2 amide bonds. The number of ether oxygens (including phenoxy) is 6. The number of hydrogen-bond acceptors (Lipinski definition) is 10. The summed E-state index contributed by atoms with van der Waals surface area (Å²) >= 11 is 0. The number of nitrogens with zero attached hydrogens (tertiary/aromatic N) is 1. The van der Waals surface area contributed by atoms with Gasteiger partial charge in [0.2, 0.25) is 5.75 Å². The van der Waals surface area contributed by atoms with Crippen molar-refractivity contribution in [2.24, 2.45) is 0 Å². The second-order valence-electron chi connectivity index (χ2n) is 11.2. The Labute approximate surface area is 274 Å². The Morgan fingerprint density at radius 1 is 0.809 bits per heavy atom. The number of hydrogen-bond donors (Lipinski definition) is 0. The fourth-order valence-electron chi connectivity index (χ4n) is 5.72. The Kier molecular flexibility index (Phi) is 10.4. The molecular formula is C35H39NO10S. The van der Waals surface area contributed by atoms with Crippen LogP contribution in [0.2, 0.25) is 0 Å². The average Bonchev–Trinajstić information content (AvgIpc) is 3.66. The van der Waals surface area contributed by atoms with E-state index in [9.17, 15) is 18.0 Å². The normalized spacial score (nSPS) is 17.7. The quantitative estimate of drug-likeness (QED) is 0.156. The summed E-state index contributed by atoms with van der Waals surface area (Å²) in [7, 11) is 0.921. The Bertz CT molecular complexity index is 1720. The maximum absolute atomic E-state index is 13.0. The first-order valence-corrected chi connectivity index (χ1v) is 17.2. The van der Waals surface area contributed by atoms with Gasteiger partial charge in [0, 0.05) is 12.8 Å². The molecule has 250 valence electrons. The summed E-state index contributed by atoms with van der Waals surface area (Å²) < 4.78 is 61.0. The van der Waals surface area contributed by atoms with Crippen LogP contribution in [-0.4, -0.2) is 72.5 Å². The summed E-state index contributed by atoms with van der Waals surface area (Å²) in [6.07, 6.45) is 5.69. The van der Waals surface area contributed by atoms with Crippen molar-refractivity contribution in [2.75, 3.05) is 47.3 Å². The lowest BCUT2D eigenvalue weighted by atomic mass is 10.0. The van der Waals surface area contributed by atoms with E-state index in [-0.39, 0.29) is 54.1 Å². The van der Waals surface area contributed by atoms with Gasteiger partial charge in [0.05, 0.1) is 51.3 Å². The fourth-order valence-corrected chi connectivity index (χ4v) is 6.56. The minimum atomic E-state index is -3.72. The van der Waals surface area contributed by atoms with E-state index in [1.807, 2.05) is 19.1 Å². The van der Waals surface area contributed by atoms with E-state index in [2.05, 4.69) is 0 Å². The molecule has 2 aliphatic rings. The monoisotopic (exact) mass is 665 g/mol. The van der Waals surface area contributed by atoms with E-state index < -0.39 is 15.9 Å². The molecule has 47 heavy (non-hydrogen) atoms. The summed E-state index contributed by atoms with van der Waals surface area (Å²) in [5, 5.41) is 0. The van der Waals surface area contributed by atoms with Gasteiger partial charge in [-0.05, 0) is 72.9 Å². The van der Waals surface area contributed by atoms with Crippen LogP contribution in [0.5, 0.6) is 28.7 Å². The van der Waals surface area contributed by atoms with Crippen molar-refractivity contribution in [2.45, 2.75) is 43.3 Å². The van der Waals surface area contributed by atoms with Crippen LogP contribution in [0.1, 0.15) is 70.2 Å². The molecule has 2 atom stereocenters. The molecule has 3 aromatic rings. The van der Waals surface area contributed by atoms with Crippen molar-refractivity contribution in [3.05, 3.63) is 82.9 Å². The highest BCUT2D eigenvalue weighted by Crippen LogP contribution is 2.48. The number of carbonyl (C=O) groups is 2. The largest absolute Gasteiger partial charge is 0.493 e. The molecule has 0 aliphatic carbocycles. The van der Waals surface area contributed by atoms with Crippen molar-refractivity contribution in [3.63, 3.8) is 0 Å². The number of carbonyl (C=O) groups excluding carboxylic acids is 2. The molecule has 1 saturated heterocycles. The maximum Gasteiger partial charge on any atom is 0.261 e. The third kappa shape index (κ3) is 7.08. The number of benzene rings is 3. The molecule has 1 fully saturated rings. The highest BCUT2D eigenvalue weighted by atomic mass is 32.2. The second-order valence-corrected chi connectivity index (χ2v) is 13.1. The van der Waals surface area contributed by atoms with Gasteiger partial charge < -0.3 is 28.4 Å². The molecule has 5 rings (SSSR count). The summed E-state index contributed by atoms with van der Waals surface area (Å²) in [6.45, 7) is 2.32. The van der Waals surface area contributed by atoms with Crippen LogP contribution in [0.4, 0.5) is 0 Å². The van der Waals surface area contributed by atoms with Gasteiger partial charge in [-0.25, -0.2) is 8.42 Å². The summed E-state index contributed by atoms with van der Waals surface area (Å²) in [5.41, 5.74) is 2.24. The number of fused-ring (bicyclic) bond motifs is 1. The van der Waals surface area contributed by atoms with Gasteiger partial charge in [-0.3, -0.25) is 14.5 Å². The molecule has 0 saturated carbocycles. The molecule has 0 bridgehead atoms. The first kappa shape index (κ1) is 33.8. The van der Waals surface area contributed by atoms with Crippen molar-refractivity contribution in [1.29, 1.82) is 0 Å². The van der Waals surface area contributed by atoms with E-state index in [0.717, 1.165) is 11.8 Å². The van der Waals surface area contributed by atoms with Gasteiger partial charge in [-0.15, -0.1) is 0 Å². The standard InChI is InChI=1S/C35H39NO10S/c1-6-16-45-33-30(44-17-10-9-15-36-34(37)24-11-7-8-12-25(24)35(36)38)20-23(21-31(33)47(5,39)40)27-14-13-26(46-27)22-18-28(41-2)32(43-4)29(19-22)42-3/h7-12,18-21,26-27H,6,13-17H2,1-5H3/t26-,27-/m0/s1. The zero-order valence-electron chi connectivity index (χ0n) is 27.1. The van der Waals surface area contributed by atoms with Crippen LogP contribution in [0, 0.1) is 0 Å². The molecule has 0 spiro atoms. The smallest absolute Gasteiger partial charge is 0.261 e. The lowest BCUT2D eigenvalue weighted by Crippen LogP contribution is -2.29. The lowest BCUT2D eigenvalue weighted by molar-refractivity contribution is 0.0435. The number of amides is 2. The molecule has 3 aromatic carbocycles. The zero-order valence-corrected chi connectivity index (χ0v) is 27.9. The lowest BCUT2D eigenvalue weighted by Gasteiger charge is -2.21. The molecule has 0 radical (unpaired) electrons. The minimum absolute atomic E-state index is 0.00768. The minimum Gasteiger partial charge on any atom is -0.493 e. The van der Waals surface area contributed by atoms with Crippen LogP contribution >= 0.6 is 0 Å². The zero-order chi connectivity index (χ0) is 33.7. The maximum atomic E-state index is 13.0. The predicted molar refractivity (Wildman–Crippen MR) is 174 cm³/mol. The number of methoxy groups -OCH3 is 3. The molecular weight excluding hydrogens is 626 g/mol. The van der Waals surface area contributed by atoms with Crippen molar-refractivity contribution < 1.29 is 46.4 Å². The van der Waals surface area contributed by atoms with Crippen LogP contribution in [-0.2, 0) is 14.6 Å². The third-order valence-electron chi connectivity index (χ3n) is 8.01. The highest BCUT2D eigenvalue weighted by molar-refractivity contribution is 7.90. The Hall–Kier alpha value is -4.55.